The molecule has 0 aliphatic rings. The van der Waals surface area contributed by atoms with Gasteiger partial charge < -0.3 is 15.7 Å². The largest absolute Gasteiger partial charge is 0.477 e. The Morgan fingerprint density at radius 3 is 2.45 bits per heavy atom. The van der Waals surface area contributed by atoms with Gasteiger partial charge in [0.05, 0.1) is 11.5 Å². The monoisotopic (exact) mass is 281 g/mol. The first kappa shape index (κ1) is 15.4. The van der Waals surface area contributed by atoms with Crippen molar-refractivity contribution in [3.63, 3.8) is 0 Å². The molecule has 1 aromatic carbocycles. The Labute approximate surface area is 114 Å². The fourth-order valence-corrected chi connectivity index (χ4v) is 1.77. The third kappa shape index (κ3) is 3.44. The summed E-state index contributed by atoms with van der Waals surface area (Å²) in [6, 6.07) is 3.55. The molecular formula is C12H15N3O5. The van der Waals surface area contributed by atoms with E-state index in [0.717, 1.165) is 6.07 Å². The molecule has 8 heteroatoms. The van der Waals surface area contributed by atoms with E-state index in [4.69, 9.17) is 10.8 Å². The summed E-state index contributed by atoms with van der Waals surface area (Å²) in [5.74, 6) is -1.98. The minimum absolute atomic E-state index is 0.103. The molecule has 108 valence electrons. The first-order valence-corrected chi connectivity index (χ1v) is 5.80. The van der Waals surface area contributed by atoms with Gasteiger partial charge >= 0.3 is 5.97 Å². The average molecular weight is 281 g/mol. The third-order valence-corrected chi connectivity index (χ3v) is 2.69. The van der Waals surface area contributed by atoms with E-state index in [1.54, 1.807) is 18.7 Å². The van der Waals surface area contributed by atoms with Crippen LogP contribution in [0.15, 0.2) is 18.2 Å². The number of hydrogen-bond acceptors (Lipinski definition) is 5. The van der Waals surface area contributed by atoms with E-state index < -0.39 is 28.1 Å². The van der Waals surface area contributed by atoms with E-state index in [0.29, 0.717) is 5.69 Å². The molecule has 0 aromatic heterocycles. The molecule has 0 saturated carbocycles. The molecule has 0 atom stereocenters. The number of nitrogens with zero attached hydrogens (tertiary/aromatic N) is 2. The number of hydrogen-bond donors (Lipinski definition) is 2. The molecule has 8 nitrogen and oxygen atoms in total. The second-order valence-electron chi connectivity index (χ2n) is 4.45. The van der Waals surface area contributed by atoms with Gasteiger partial charge in [-0.05, 0) is 26.0 Å². The van der Waals surface area contributed by atoms with Crippen LogP contribution in [-0.2, 0) is 4.79 Å². The van der Waals surface area contributed by atoms with E-state index in [9.17, 15) is 19.7 Å². The number of rotatable bonds is 6. The Morgan fingerprint density at radius 1 is 1.45 bits per heavy atom. The number of carbonyl (C=O) groups is 2. The van der Waals surface area contributed by atoms with Crippen LogP contribution in [0.4, 0.5) is 11.4 Å². The highest BCUT2D eigenvalue weighted by atomic mass is 16.6. The first-order chi connectivity index (χ1) is 9.23. The van der Waals surface area contributed by atoms with Crippen LogP contribution in [-0.4, -0.2) is 34.5 Å². The topological polar surface area (TPSA) is 127 Å². The smallest absolute Gasteiger partial charge is 0.342 e. The number of nitro benzene ring substituents is 1. The molecule has 0 heterocycles. The van der Waals surface area contributed by atoms with E-state index in [-0.39, 0.29) is 12.6 Å². The Balaban J connectivity index is 3.31. The summed E-state index contributed by atoms with van der Waals surface area (Å²) in [6.45, 7) is 3.49. The normalized spacial score (nSPS) is 10.3. The van der Waals surface area contributed by atoms with E-state index in [1.165, 1.54) is 12.1 Å². The van der Waals surface area contributed by atoms with Gasteiger partial charge in [0.2, 0.25) is 5.91 Å². The van der Waals surface area contributed by atoms with Crippen molar-refractivity contribution in [3.05, 3.63) is 33.9 Å². The number of primary amides is 1. The van der Waals surface area contributed by atoms with Crippen molar-refractivity contribution in [1.82, 2.24) is 0 Å². The lowest BCUT2D eigenvalue weighted by Crippen LogP contribution is -2.38. The third-order valence-electron chi connectivity index (χ3n) is 2.69. The lowest BCUT2D eigenvalue weighted by molar-refractivity contribution is -0.385. The van der Waals surface area contributed by atoms with E-state index in [1.807, 2.05) is 0 Å². The SMILES string of the molecule is CC(C)N(CC(N)=O)c1ccc([N+](=O)[O-])c(C(=O)O)c1. The maximum absolute atomic E-state index is 11.1. The van der Waals surface area contributed by atoms with Gasteiger partial charge in [-0.15, -0.1) is 0 Å². The van der Waals surface area contributed by atoms with Crippen LogP contribution < -0.4 is 10.6 Å². The van der Waals surface area contributed by atoms with Crippen LogP contribution in [0.3, 0.4) is 0 Å². The van der Waals surface area contributed by atoms with Crippen molar-refractivity contribution >= 4 is 23.3 Å². The second-order valence-corrected chi connectivity index (χ2v) is 4.45. The molecule has 0 aliphatic heterocycles. The Bertz CT molecular complexity index is 556. The zero-order valence-electron chi connectivity index (χ0n) is 11.1. The van der Waals surface area contributed by atoms with E-state index >= 15 is 0 Å². The number of carboxylic acid groups (broad SMARTS) is 1. The molecule has 0 saturated heterocycles. The summed E-state index contributed by atoms with van der Waals surface area (Å²) in [4.78, 5) is 33.7. The number of amides is 1. The zero-order chi connectivity index (χ0) is 15.4. The molecule has 1 amide bonds. The average Bonchev–Trinajstić information content (AvgIpc) is 2.34. The summed E-state index contributed by atoms with van der Waals surface area (Å²) >= 11 is 0. The predicted octanol–water partition coefficient (Wildman–Crippen LogP) is 0.993. The lowest BCUT2D eigenvalue weighted by atomic mass is 10.1. The Hall–Kier alpha value is -2.64. The van der Waals surface area contributed by atoms with Crippen molar-refractivity contribution in [2.24, 2.45) is 5.73 Å². The van der Waals surface area contributed by atoms with Gasteiger partial charge in [0, 0.05) is 17.8 Å². The molecule has 0 unspecified atom stereocenters. The molecule has 20 heavy (non-hydrogen) atoms. The molecule has 1 aromatic rings. The maximum Gasteiger partial charge on any atom is 0.342 e. The van der Waals surface area contributed by atoms with Gasteiger partial charge in [-0.1, -0.05) is 0 Å². The fraction of sp³-hybridized carbons (Fsp3) is 0.333. The molecule has 0 fully saturated rings. The van der Waals surface area contributed by atoms with E-state index in [2.05, 4.69) is 0 Å². The van der Waals surface area contributed by atoms with Crippen LogP contribution in [0, 0.1) is 10.1 Å². The van der Waals surface area contributed by atoms with Gasteiger partial charge in [-0.3, -0.25) is 14.9 Å². The number of anilines is 1. The summed E-state index contributed by atoms with van der Waals surface area (Å²) in [7, 11) is 0. The maximum atomic E-state index is 11.1. The van der Waals surface area contributed by atoms with Gasteiger partial charge in [-0.2, -0.15) is 0 Å². The zero-order valence-corrected chi connectivity index (χ0v) is 11.1. The highest BCUT2D eigenvalue weighted by Gasteiger charge is 2.22. The fourth-order valence-electron chi connectivity index (χ4n) is 1.77. The Morgan fingerprint density at radius 2 is 2.05 bits per heavy atom. The van der Waals surface area contributed by atoms with Gasteiger partial charge in [0.1, 0.15) is 5.56 Å². The van der Waals surface area contributed by atoms with Crippen LogP contribution in [0.5, 0.6) is 0 Å². The van der Waals surface area contributed by atoms with Crippen molar-refractivity contribution in [1.29, 1.82) is 0 Å². The van der Waals surface area contributed by atoms with Crippen molar-refractivity contribution in [2.45, 2.75) is 19.9 Å². The van der Waals surface area contributed by atoms with Crippen molar-refractivity contribution < 1.29 is 19.6 Å². The van der Waals surface area contributed by atoms with Gasteiger partial charge in [-0.25, -0.2) is 4.79 Å². The number of nitrogens with two attached hydrogens (primary N) is 1. The van der Waals surface area contributed by atoms with Crippen LogP contribution in [0.2, 0.25) is 0 Å². The van der Waals surface area contributed by atoms with Gasteiger partial charge in [0.25, 0.3) is 5.69 Å². The first-order valence-electron chi connectivity index (χ1n) is 5.80. The van der Waals surface area contributed by atoms with Gasteiger partial charge in [0.15, 0.2) is 0 Å². The van der Waals surface area contributed by atoms with Crippen LogP contribution in [0.1, 0.15) is 24.2 Å². The van der Waals surface area contributed by atoms with Crippen LogP contribution >= 0.6 is 0 Å². The van der Waals surface area contributed by atoms with Crippen molar-refractivity contribution in [3.8, 4) is 0 Å². The molecule has 0 radical (unpaired) electrons. The number of carboxylic acids is 1. The van der Waals surface area contributed by atoms with Crippen molar-refractivity contribution in [2.75, 3.05) is 11.4 Å². The molecule has 1 rings (SSSR count). The summed E-state index contributed by atoms with van der Waals surface area (Å²) in [6.07, 6.45) is 0. The highest BCUT2D eigenvalue weighted by molar-refractivity contribution is 5.94. The molecule has 3 N–H and O–H groups in total. The minimum atomic E-state index is -1.40. The second kappa shape index (κ2) is 6.00. The molecular weight excluding hydrogens is 266 g/mol. The summed E-state index contributed by atoms with van der Waals surface area (Å²) < 4.78 is 0. The number of carbonyl (C=O) groups excluding carboxylic acids is 1. The number of aromatic carboxylic acids is 1. The predicted molar refractivity (Wildman–Crippen MR) is 71.7 cm³/mol. The summed E-state index contributed by atoms with van der Waals surface area (Å²) in [5.41, 5.74) is 4.61. The van der Waals surface area contributed by atoms with Crippen LogP contribution in [0.25, 0.3) is 0 Å². The summed E-state index contributed by atoms with van der Waals surface area (Å²) in [5, 5.41) is 19.8. The lowest BCUT2D eigenvalue weighted by Gasteiger charge is -2.27. The minimum Gasteiger partial charge on any atom is -0.477 e. The number of nitro groups is 1. The molecule has 0 spiro atoms. The quantitative estimate of drug-likeness (QED) is 0.591. The molecule has 0 aliphatic carbocycles. The molecule has 0 bridgehead atoms. The standard InChI is InChI=1S/C12H15N3O5/c1-7(2)14(6-11(13)16)8-3-4-10(15(19)20)9(5-8)12(17)18/h3-5,7H,6H2,1-2H3,(H2,13,16)(H,17,18). The Kier molecular flexibility index (Phi) is 4.63. The highest BCUT2D eigenvalue weighted by Crippen LogP contribution is 2.26. The number of benzene rings is 1.